The van der Waals surface area contributed by atoms with Crippen molar-refractivity contribution < 1.29 is 26.3 Å². The Hall–Kier alpha value is -0.890. The van der Waals surface area contributed by atoms with Gasteiger partial charge in [-0.15, -0.1) is 0 Å². The summed E-state index contributed by atoms with van der Waals surface area (Å²) in [6.07, 6.45) is -4.55. The largest absolute Gasteiger partial charge is 0.441 e. The average molecular weight is 303 g/mol. The van der Waals surface area contributed by atoms with E-state index in [2.05, 4.69) is 5.32 Å². The van der Waals surface area contributed by atoms with E-state index in [1.807, 2.05) is 0 Å². The zero-order valence-electron chi connectivity index (χ0n) is 9.55. The predicted molar refractivity (Wildman–Crippen MR) is 61.8 cm³/mol. The Morgan fingerprint density at radius 2 is 1.58 bits per heavy atom. The van der Waals surface area contributed by atoms with Crippen LogP contribution in [0.3, 0.4) is 0 Å². The van der Waals surface area contributed by atoms with Gasteiger partial charge >= 0.3 is 11.7 Å². The summed E-state index contributed by atoms with van der Waals surface area (Å²) in [6, 6.07) is 5.06. The Balaban J connectivity index is 2.58. The van der Waals surface area contributed by atoms with Crippen molar-refractivity contribution in [2.24, 2.45) is 0 Å². The standard InChI is InChI=1S/C11H11F6NS/c12-10(13,14)9(8-4-2-1-3-5-8)18-6-7-19-11(15,16)17/h1-5,9,18H,6-7H2. The molecule has 1 nitrogen and oxygen atoms in total. The lowest BCUT2D eigenvalue weighted by molar-refractivity contribution is -0.157. The fraction of sp³-hybridized carbons (Fsp3) is 0.455. The molecule has 0 aliphatic rings. The number of thioether (sulfide) groups is 1. The molecule has 0 aromatic heterocycles. The molecule has 0 aliphatic carbocycles. The molecule has 1 atom stereocenters. The Bertz CT molecular complexity index is 375. The van der Waals surface area contributed by atoms with E-state index in [1.165, 1.54) is 24.3 Å². The Labute approximate surface area is 110 Å². The quantitative estimate of drug-likeness (QED) is 0.648. The smallest absolute Gasteiger partial charge is 0.302 e. The van der Waals surface area contributed by atoms with Gasteiger partial charge in [-0.1, -0.05) is 30.3 Å². The van der Waals surface area contributed by atoms with Gasteiger partial charge in [0, 0.05) is 12.3 Å². The van der Waals surface area contributed by atoms with Crippen molar-refractivity contribution >= 4 is 11.8 Å². The van der Waals surface area contributed by atoms with Crippen LogP contribution in [-0.2, 0) is 0 Å². The van der Waals surface area contributed by atoms with Gasteiger partial charge in [-0.25, -0.2) is 0 Å². The third-order valence-corrected chi connectivity index (χ3v) is 2.91. The van der Waals surface area contributed by atoms with Crippen LogP contribution in [0.4, 0.5) is 26.3 Å². The topological polar surface area (TPSA) is 12.0 Å². The SMILES string of the molecule is FC(F)(F)SCCNC(c1ccccc1)C(F)(F)F. The monoisotopic (exact) mass is 303 g/mol. The molecule has 0 heterocycles. The molecular formula is C11H11F6NS. The highest BCUT2D eigenvalue weighted by molar-refractivity contribution is 8.00. The molecule has 1 unspecified atom stereocenters. The molecule has 0 fully saturated rings. The van der Waals surface area contributed by atoms with Crippen molar-refractivity contribution in [2.75, 3.05) is 12.3 Å². The molecule has 0 bridgehead atoms. The highest BCUT2D eigenvalue weighted by Crippen LogP contribution is 2.33. The van der Waals surface area contributed by atoms with Crippen LogP contribution in [0.15, 0.2) is 30.3 Å². The van der Waals surface area contributed by atoms with Gasteiger partial charge in [0.1, 0.15) is 6.04 Å². The third-order valence-electron chi connectivity index (χ3n) is 2.18. The summed E-state index contributed by atoms with van der Waals surface area (Å²) in [5.74, 6) is -0.469. The summed E-state index contributed by atoms with van der Waals surface area (Å²) < 4.78 is 73.9. The number of nitrogens with one attached hydrogen (secondary N) is 1. The summed E-state index contributed by atoms with van der Waals surface area (Å²) in [7, 11) is 0. The lowest BCUT2D eigenvalue weighted by atomic mass is 10.1. The first-order chi connectivity index (χ1) is 8.70. The van der Waals surface area contributed by atoms with Crippen LogP contribution in [0.1, 0.15) is 11.6 Å². The molecule has 0 aliphatic heterocycles. The first kappa shape index (κ1) is 16.2. The summed E-state index contributed by atoms with van der Waals surface area (Å²) in [4.78, 5) is 0. The molecular weight excluding hydrogens is 292 g/mol. The van der Waals surface area contributed by atoms with E-state index < -0.39 is 23.5 Å². The van der Waals surface area contributed by atoms with Gasteiger partial charge in [0.25, 0.3) is 0 Å². The maximum Gasteiger partial charge on any atom is 0.441 e. The van der Waals surface area contributed by atoms with Crippen LogP contribution in [0.5, 0.6) is 0 Å². The maximum atomic E-state index is 12.8. The second-order valence-electron chi connectivity index (χ2n) is 3.63. The van der Waals surface area contributed by atoms with Gasteiger partial charge in [-0.2, -0.15) is 26.3 Å². The van der Waals surface area contributed by atoms with Crippen LogP contribution < -0.4 is 5.32 Å². The van der Waals surface area contributed by atoms with E-state index in [4.69, 9.17) is 0 Å². The van der Waals surface area contributed by atoms with Crippen LogP contribution in [0.2, 0.25) is 0 Å². The molecule has 1 aromatic rings. The van der Waals surface area contributed by atoms with Crippen molar-refractivity contribution in [3.63, 3.8) is 0 Å². The Kier molecular flexibility index (Phi) is 5.54. The van der Waals surface area contributed by atoms with Gasteiger partial charge in [-0.3, -0.25) is 0 Å². The maximum absolute atomic E-state index is 12.8. The lowest BCUT2D eigenvalue weighted by Gasteiger charge is -2.22. The molecule has 0 radical (unpaired) electrons. The third kappa shape index (κ3) is 6.20. The fourth-order valence-electron chi connectivity index (χ4n) is 1.44. The van der Waals surface area contributed by atoms with E-state index in [0.717, 1.165) is 0 Å². The molecule has 108 valence electrons. The predicted octanol–water partition coefficient (Wildman–Crippen LogP) is 4.13. The van der Waals surface area contributed by atoms with Crippen LogP contribution >= 0.6 is 11.8 Å². The number of alkyl halides is 6. The zero-order chi connectivity index (χ0) is 14.5. The zero-order valence-corrected chi connectivity index (χ0v) is 10.4. The highest BCUT2D eigenvalue weighted by Gasteiger charge is 2.40. The van der Waals surface area contributed by atoms with Crippen molar-refractivity contribution in [3.05, 3.63) is 35.9 Å². The molecule has 8 heteroatoms. The van der Waals surface area contributed by atoms with Crippen LogP contribution in [-0.4, -0.2) is 24.0 Å². The minimum atomic E-state index is -4.55. The number of hydrogen-bond donors (Lipinski definition) is 1. The van der Waals surface area contributed by atoms with Crippen molar-refractivity contribution in [1.29, 1.82) is 0 Å². The molecule has 0 saturated heterocycles. The number of halogens is 6. The van der Waals surface area contributed by atoms with E-state index >= 15 is 0 Å². The molecule has 1 rings (SSSR count). The van der Waals surface area contributed by atoms with E-state index in [1.54, 1.807) is 6.07 Å². The van der Waals surface area contributed by atoms with E-state index in [-0.39, 0.29) is 23.9 Å². The molecule has 19 heavy (non-hydrogen) atoms. The summed E-state index contributed by atoms with van der Waals surface area (Å²) in [6.45, 7) is -0.386. The normalized spacial score (nSPS) is 14.4. The second kappa shape index (κ2) is 6.51. The van der Waals surface area contributed by atoms with Crippen molar-refractivity contribution in [1.82, 2.24) is 5.32 Å². The van der Waals surface area contributed by atoms with Gasteiger partial charge in [0.2, 0.25) is 0 Å². The lowest BCUT2D eigenvalue weighted by Crippen LogP contribution is -2.35. The Morgan fingerprint density at radius 1 is 1.00 bits per heavy atom. The number of benzene rings is 1. The van der Waals surface area contributed by atoms with Gasteiger partial charge in [0.05, 0.1) is 0 Å². The highest BCUT2D eigenvalue weighted by atomic mass is 32.2. The minimum absolute atomic E-state index is 0.0213. The van der Waals surface area contributed by atoms with E-state index in [0.29, 0.717) is 0 Å². The summed E-state index contributed by atoms with van der Waals surface area (Å²) >= 11 is -0.348. The van der Waals surface area contributed by atoms with Crippen molar-refractivity contribution in [2.45, 2.75) is 17.7 Å². The Morgan fingerprint density at radius 3 is 2.05 bits per heavy atom. The average Bonchev–Trinajstić information content (AvgIpc) is 2.26. The molecule has 1 N–H and O–H groups in total. The first-order valence-electron chi connectivity index (χ1n) is 5.26. The molecule has 0 spiro atoms. The van der Waals surface area contributed by atoms with Crippen LogP contribution in [0, 0.1) is 0 Å². The summed E-state index contributed by atoms with van der Waals surface area (Å²) in [5.41, 5.74) is -4.45. The number of hydrogen-bond acceptors (Lipinski definition) is 2. The fourth-order valence-corrected chi connectivity index (χ4v) is 1.89. The molecule has 0 amide bonds. The van der Waals surface area contributed by atoms with Gasteiger partial charge < -0.3 is 5.32 Å². The van der Waals surface area contributed by atoms with E-state index in [9.17, 15) is 26.3 Å². The minimum Gasteiger partial charge on any atom is -0.302 e. The van der Waals surface area contributed by atoms with Crippen molar-refractivity contribution in [3.8, 4) is 0 Å². The van der Waals surface area contributed by atoms with Gasteiger partial charge in [0.15, 0.2) is 0 Å². The molecule has 1 aromatic carbocycles. The van der Waals surface area contributed by atoms with Crippen LogP contribution in [0.25, 0.3) is 0 Å². The first-order valence-corrected chi connectivity index (χ1v) is 6.24. The molecule has 0 saturated carbocycles. The van der Waals surface area contributed by atoms with Gasteiger partial charge in [-0.05, 0) is 17.3 Å². The number of rotatable bonds is 5. The second-order valence-corrected chi connectivity index (χ2v) is 4.79. The summed E-state index contributed by atoms with van der Waals surface area (Å²) in [5, 5.41) is 2.10.